The molecule has 0 bridgehead atoms. The normalized spacial score (nSPS) is 12.5. The standard InChI is InChI=1S/C20H10F6N2OS/c21-19(22,23)12-7-11(8-13(9-12)20(24,25)26)17(29)28-18-27-16-14-4-2-1-3-10(14)5-6-15(16)30-18/h1-9H,(H,27,28,29). The van der Waals surface area contributed by atoms with Crippen molar-refractivity contribution in [2.24, 2.45) is 0 Å². The summed E-state index contributed by atoms with van der Waals surface area (Å²) in [5.41, 5.74) is -3.30. The maximum atomic E-state index is 13.0. The van der Waals surface area contributed by atoms with Gasteiger partial charge < -0.3 is 0 Å². The van der Waals surface area contributed by atoms with Crippen LogP contribution in [0, 0.1) is 0 Å². The largest absolute Gasteiger partial charge is 0.416 e. The van der Waals surface area contributed by atoms with Gasteiger partial charge in [-0.15, -0.1) is 0 Å². The van der Waals surface area contributed by atoms with E-state index < -0.39 is 35.0 Å². The molecule has 10 heteroatoms. The van der Waals surface area contributed by atoms with Gasteiger partial charge in [-0.25, -0.2) is 4.98 Å². The highest BCUT2D eigenvalue weighted by Crippen LogP contribution is 2.37. The third-order valence-electron chi connectivity index (χ3n) is 4.35. The zero-order chi connectivity index (χ0) is 21.7. The van der Waals surface area contributed by atoms with Gasteiger partial charge in [0, 0.05) is 10.9 Å². The minimum Gasteiger partial charge on any atom is -0.298 e. The Morgan fingerprint density at radius 1 is 0.867 bits per heavy atom. The Morgan fingerprint density at radius 2 is 1.50 bits per heavy atom. The van der Waals surface area contributed by atoms with Gasteiger partial charge in [-0.3, -0.25) is 10.1 Å². The summed E-state index contributed by atoms with van der Waals surface area (Å²) < 4.78 is 78.7. The molecule has 1 heterocycles. The van der Waals surface area contributed by atoms with Crippen LogP contribution in [0.4, 0.5) is 31.5 Å². The van der Waals surface area contributed by atoms with Crippen LogP contribution in [0.3, 0.4) is 0 Å². The summed E-state index contributed by atoms with van der Waals surface area (Å²) in [4.78, 5) is 16.7. The smallest absolute Gasteiger partial charge is 0.298 e. The first-order valence-electron chi connectivity index (χ1n) is 8.41. The zero-order valence-corrected chi connectivity index (χ0v) is 15.5. The number of amides is 1. The molecular formula is C20H10F6N2OS. The molecule has 0 radical (unpaired) electrons. The zero-order valence-electron chi connectivity index (χ0n) is 14.7. The number of nitrogens with zero attached hydrogens (tertiary/aromatic N) is 1. The lowest BCUT2D eigenvalue weighted by Gasteiger charge is -2.13. The van der Waals surface area contributed by atoms with Crippen molar-refractivity contribution in [3.8, 4) is 0 Å². The van der Waals surface area contributed by atoms with Crippen LogP contribution >= 0.6 is 11.3 Å². The summed E-state index contributed by atoms with van der Waals surface area (Å²) in [7, 11) is 0. The summed E-state index contributed by atoms with van der Waals surface area (Å²) in [5.74, 6) is -1.12. The Hall–Kier alpha value is -3.14. The van der Waals surface area contributed by atoms with E-state index in [9.17, 15) is 31.1 Å². The van der Waals surface area contributed by atoms with Crippen LogP contribution in [0.25, 0.3) is 21.0 Å². The van der Waals surface area contributed by atoms with Crippen molar-refractivity contribution in [3.63, 3.8) is 0 Å². The highest BCUT2D eigenvalue weighted by atomic mass is 32.1. The van der Waals surface area contributed by atoms with E-state index >= 15 is 0 Å². The molecule has 1 N–H and O–H groups in total. The minimum absolute atomic E-state index is 0.0272. The Labute approximate surface area is 169 Å². The summed E-state index contributed by atoms with van der Waals surface area (Å²) >= 11 is 1.07. The van der Waals surface area contributed by atoms with E-state index in [1.165, 1.54) is 0 Å². The van der Waals surface area contributed by atoms with Gasteiger partial charge in [-0.05, 0) is 29.7 Å². The van der Waals surface area contributed by atoms with Crippen molar-refractivity contribution in [1.82, 2.24) is 4.98 Å². The number of alkyl halides is 6. The fourth-order valence-corrected chi connectivity index (χ4v) is 3.85. The lowest BCUT2D eigenvalue weighted by Crippen LogP contribution is -2.17. The fourth-order valence-electron chi connectivity index (χ4n) is 2.97. The van der Waals surface area contributed by atoms with Gasteiger partial charge in [0.2, 0.25) is 0 Å². The number of thiazole rings is 1. The molecule has 0 spiro atoms. The molecule has 0 unspecified atom stereocenters. The summed E-state index contributed by atoms with van der Waals surface area (Å²) in [6, 6.07) is 11.7. The molecule has 3 nitrogen and oxygen atoms in total. The third-order valence-corrected chi connectivity index (χ3v) is 5.29. The van der Waals surface area contributed by atoms with E-state index in [-0.39, 0.29) is 11.2 Å². The maximum absolute atomic E-state index is 13.0. The second-order valence-electron chi connectivity index (χ2n) is 6.40. The first-order valence-corrected chi connectivity index (χ1v) is 9.23. The number of benzene rings is 3. The first-order chi connectivity index (χ1) is 14.0. The topological polar surface area (TPSA) is 42.0 Å². The quantitative estimate of drug-likeness (QED) is 0.351. The van der Waals surface area contributed by atoms with Crippen LogP contribution in [0.15, 0.2) is 54.6 Å². The molecule has 0 saturated carbocycles. The van der Waals surface area contributed by atoms with Crippen LogP contribution in [0.5, 0.6) is 0 Å². The van der Waals surface area contributed by atoms with Gasteiger partial charge in [0.1, 0.15) is 0 Å². The van der Waals surface area contributed by atoms with Crippen LogP contribution in [0.1, 0.15) is 21.5 Å². The number of carbonyl (C=O) groups is 1. The van der Waals surface area contributed by atoms with E-state index in [0.717, 1.165) is 22.1 Å². The molecule has 4 rings (SSSR count). The van der Waals surface area contributed by atoms with Crippen LogP contribution in [0.2, 0.25) is 0 Å². The van der Waals surface area contributed by atoms with Crippen LogP contribution < -0.4 is 5.32 Å². The van der Waals surface area contributed by atoms with E-state index in [2.05, 4.69) is 10.3 Å². The molecule has 0 saturated heterocycles. The number of hydrogen-bond donors (Lipinski definition) is 1. The Kier molecular flexibility index (Phi) is 4.69. The van der Waals surface area contributed by atoms with Crippen molar-refractivity contribution < 1.29 is 31.1 Å². The van der Waals surface area contributed by atoms with Crippen LogP contribution in [-0.2, 0) is 12.4 Å². The van der Waals surface area contributed by atoms with Crippen molar-refractivity contribution in [1.29, 1.82) is 0 Å². The lowest BCUT2D eigenvalue weighted by atomic mass is 10.0. The van der Waals surface area contributed by atoms with Crippen molar-refractivity contribution in [3.05, 3.63) is 71.3 Å². The third kappa shape index (κ3) is 3.82. The maximum Gasteiger partial charge on any atom is 0.416 e. The van der Waals surface area contributed by atoms with Crippen molar-refractivity contribution >= 4 is 43.4 Å². The first kappa shape index (κ1) is 20.1. The molecule has 0 aliphatic rings. The molecule has 1 amide bonds. The average molecular weight is 440 g/mol. The van der Waals surface area contributed by atoms with Gasteiger partial charge in [0.05, 0.1) is 21.3 Å². The molecular weight excluding hydrogens is 430 g/mol. The summed E-state index contributed by atoms with van der Waals surface area (Å²) in [6.07, 6.45) is -10.1. The number of halogens is 6. The SMILES string of the molecule is O=C(Nc1nc2c(ccc3ccccc32)s1)c1cc(C(F)(F)F)cc(C(F)(F)F)c1. The molecule has 1 aromatic heterocycles. The molecule has 3 aromatic carbocycles. The Balaban J connectivity index is 1.72. The van der Waals surface area contributed by atoms with Gasteiger partial charge >= 0.3 is 12.4 Å². The summed E-state index contributed by atoms with van der Waals surface area (Å²) in [6.45, 7) is 0. The highest BCUT2D eigenvalue weighted by molar-refractivity contribution is 7.22. The van der Waals surface area contributed by atoms with Crippen LogP contribution in [-0.4, -0.2) is 10.9 Å². The van der Waals surface area contributed by atoms with Gasteiger partial charge in [0.25, 0.3) is 5.91 Å². The predicted octanol–water partition coefficient (Wildman–Crippen LogP) is 6.74. The number of nitrogens with one attached hydrogen (secondary N) is 1. The molecule has 30 heavy (non-hydrogen) atoms. The van der Waals surface area contributed by atoms with E-state index in [1.54, 1.807) is 12.1 Å². The number of rotatable bonds is 2. The average Bonchev–Trinajstić information content (AvgIpc) is 3.09. The number of aromatic nitrogens is 1. The second kappa shape index (κ2) is 6.98. The molecule has 154 valence electrons. The summed E-state index contributed by atoms with van der Waals surface area (Å²) in [5, 5.41) is 4.08. The number of fused-ring (bicyclic) bond motifs is 3. The second-order valence-corrected chi connectivity index (χ2v) is 7.43. The number of hydrogen-bond acceptors (Lipinski definition) is 3. The Bertz CT molecular complexity index is 1240. The molecule has 0 atom stereocenters. The highest BCUT2D eigenvalue weighted by Gasteiger charge is 2.37. The van der Waals surface area contributed by atoms with E-state index in [0.29, 0.717) is 22.3 Å². The van der Waals surface area contributed by atoms with Crippen molar-refractivity contribution in [2.45, 2.75) is 12.4 Å². The fraction of sp³-hybridized carbons (Fsp3) is 0.100. The van der Waals surface area contributed by atoms with Gasteiger partial charge in [-0.1, -0.05) is 41.7 Å². The van der Waals surface area contributed by atoms with E-state index in [1.807, 2.05) is 24.3 Å². The van der Waals surface area contributed by atoms with Crippen molar-refractivity contribution in [2.75, 3.05) is 5.32 Å². The minimum atomic E-state index is -5.04. The van der Waals surface area contributed by atoms with Gasteiger partial charge in [-0.2, -0.15) is 26.3 Å². The molecule has 0 aliphatic heterocycles. The molecule has 4 aromatic rings. The number of anilines is 1. The molecule has 0 aliphatic carbocycles. The monoisotopic (exact) mass is 440 g/mol. The molecule has 0 fully saturated rings. The predicted molar refractivity (Wildman–Crippen MR) is 102 cm³/mol. The Morgan fingerprint density at radius 3 is 2.13 bits per heavy atom. The lowest BCUT2D eigenvalue weighted by molar-refractivity contribution is -0.143. The number of carbonyl (C=O) groups excluding carboxylic acids is 1. The van der Waals surface area contributed by atoms with Gasteiger partial charge in [0.15, 0.2) is 5.13 Å². The van der Waals surface area contributed by atoms with E-state index in [4.69, 9.17) is 0 Å².